The maximum absolute atomic E-state index is 13.4. The number of aliphatic hydroxyl groups excluding tert-OH is 4. The van der Waals surface area contributed by atoms with Crippen LogP contribution in [0, 0.1) is 46.3 Å². The van der Waals surface area contributed by atoms with Crippen molar-refractivity contribution in [2.75, 3.05) is 7.11 Å². The lowest BCUT2D eigenvalue weighted by Gasteiger charge is -2.60. The number of rotatable bonds is 11. The molecule has 1 aromatic rings. The van der Waals surface area contributed by atoms with Crippen molar-refractivity contribution in [2.24, 2.45) is 46.3 Å². The van der Waals surface area contributed by atoms with Crippen LogP contribution in [0.15, 0.2) is 35.9 Å². The molecule has 302 valence electrons. The Kier molecular flexibility index (Phi) is 12.3. The van der Waals surface area contributed by atoms with Gasteiger partial charge in [-0.2, -0.15) is 0 Å². The molecule has 3 saturated carbocycles. The van der Waals surface area contributed by atoms with Gasteiger partial charge < -0.3 is 44.1 Å². The molecule has 11 nitrogen and oxygen atoms in total. The van der Waals surface area contributed by atoms with Crippen molar-refractivity contribution in [2.45, 2.75) is 155 Å². The van der Waals surface area contributed by atoms with Gasteiger partial charge in [-0.1, -0.05) is 46.3 Å². The van der Waals surface area contributed by atoms with Gasteiger partial charge in [0, 0.05) is 6.92 Å². The second-order valence-corrected chi connectivity index (χ2v) is 18.1. The number of esters is 2. The highest BCUT2D eigenvalue weighted by Gasteiger charge is 2.66. The van der Waals surface area contributed by atoms with Crippen LogP contribution in [0.4, 0.5) is 0 Å². The van der Waals surface area contributed by atoms with Gasteiger partial charge in [-0.3, -0.25) is 4.79 Å². The highest BCUT2D eigenvalue weighted by Crippen LogP contribution is 2.68. The maximum atomic E-state index is 13.4. The summed E-state index contributed by atoms with van der Waals surface area (Å²) in [5, 5.41) is 45.9. The average molecular weight is 757 g/mol. The molecule has 1 aliphatic heterocycles. The Morgan fingerprint density at radius 3 is 2.37 bits per heavy atom. The molecule has 0 spiro atoms. The quantitative estimate of drug-likeness (QED) is 0.165. The van der Waals surface area contributed by atoms with Crippen LogP contribution in [0.5, 0.6) is 5.75 Å². The van der Waals surface area contributed by atoms with E-state index in [-0.39, 0.29) is 46.7 Å². The van der Waals surface area contributed by atoms with E-state index in [1.807, 2.05) is 0 Å². The van der Waals surface area contributed by atoms with E-state index in [9.17, 15) is 30.0 Å². The first kappa shape index (κ1) is 41.1. The first-order chi connectivity index (χ1) is 25.5. The van der Waals surface area contributed by atoms with E-state index >= 15 is 0 Å². The van der Waals surface area contributed by atoms with Crippen molar-refractivity contribution < 1.29 is 53.7 Å². The predicted molar refractivity (Wildman–Crippen MR) is 200 cm³/mol. The first-order valence-corrected chi connectivity index (χ1v) is 20.2. The molecule has 4 aliphatic carbocycles. The highest BCUT2D eigenvalue weighted by molar-refractivity contribution is 5.89. The van der Waals surface area contributed by atoms with Gasteiger partial charge in [0.25, 0.3) is 0 Å². The zero-order valence-electron chi connectivity index (χ0n) is 33.4. The molecule has 0 aromatic heterocycles. The summed E-state index contributed by atoms with van der Waals surface area (Å²) in [4.78, 5) is 26.0. The van der Waals surface area contributed by atoms with Crippen molar-refractivity contribution in [3.05, 3.63) is 41.5 Å². The van der Waals surface area contributed by atoms with Crippen molar-refractivity contribution in [3.8, 4) is 5.75 Å². The number of hydrogen-bond donors (Lipinski definition) is 4. The third-order valence-electron chi connectivity index (χ3n) is 14.2. The Hall–Kier alpha value is -2.54. The van der Waals surface area contributed by atoms with E-state index in [2.05, 4.69) is 40.7 Å². The van der Waals surface area contributed by atoms with Crippen LogP contribution < -0.4 is 4.74 Å². The van der Waals surface area contributed by atoms with Gasteiger partial charge in [0.1, 0.15) is 11.9 Å². The van der Waals surface area contributed by atoms with Gasteiger partial charge in [-0.25, -0.2) is 4.79 Å². The van der Waals surface area contributed by atoms with E-state index in [1.54, 1.807) is 31.2 Å². The summed E-state index contributed by atoms with van der Waals surface area (Å²) >= 11 is 0. The summed E-state index contributed by atoms with van der Waals surface area (Å²) in [6, 6.07) is 6.39. The molecule has 1 heterocycles. The predicted octanol–water partition coefficient (Wildman–Crippen LogP) is 5.60. The van der Waals surface area contributed by atoms with Crippen molar-refractivity contribution in [1.29, 1.82) is 0 Å². The number of fused-ring (bicyclic) bond motifs is 5. The number of carbonyl (C=O) groups excluding carboxylic acids is 2. The topological polar surface area (TPSA) is 161 Å². The largest absolute Gasteiger partial charge is 0.497 e. The molecule has 16 atom stereocenters. The first-order valence-electron chi connectivity index (χ1n) is 20.2. The lowest BCUT2D eigenvalue weighted by Crippen LogP contribution is -2.61. The van der Waals surface area contributed by atoms with Crippen LogP contribution in [-0.2, 0) is 23.7 Å². The van der Waals surface area contributed by atoms with Gasteiger partial charge >= 0.3 is 11.9 Å². The molecule has 0 radical (unpaired) electrons. The molecule has 54 heavy (non-hydrogen) atoms. The van der Waals surface area contributed by atoms with Gasteiger partial charge in [0.15, 0.2) is 18.5 Å². The molecule has 4 fully saturated rings. The van der Waals surface area contributed by atoms with E-state index in [1.165, 1.54) is 19.6 Å². The number of benzene rings is 1. The van der Waals surface area contributed by atoms with Gasteiger partial charge in [0.05, 0.1) is 43.2 Å². The lowest BCUT2D eigenvalue weighted by molar-refractivity contribution is -0.311. The zero-order chi connectivity index (χ0) is 39.3. The number of allylic oxidation sites excluding steroid dienone is 1. The van der Waals surface area contributed by atoms with Crippen LogP contribution >= 0.6 is 0 Å². The summed E-state index contributed by atoms with van der Waals surface area (Å²) in [6.45, 7) is 13.8. The van der Waals surface area contributed by atoms with Crippen LogP contribution in [0.25, 0.3) is 0 Å². The molecule has 0 bridgehead atoms. The Labute approximate surface area is 320 Å². The maximum Gasteiger partial charge on any atom is 0.338 e. The summed E-state index contributed by atoms with van der Waals surface area (Å²) in [5.74, 6) is -0.435. The van der Waals surface area contributed by atoms with Gasteiger partial charge in [-0.15, -0.1) is 0 Å². The van der Waals surface area contributed by atoms with E-state index in [0.717, 1.165) is 19.3 Å². The second kappa shape index (κ2) is 16.1. The smallest absolute Gasteiger partial charge is 0.338 e. The molecule has 11 heteroatoms. The highest BCUT2D eigenvalue weighted by atomic mass is 16.7. The lowest BCUT2D eigenvalue weighted by atomic mass is 9.46. The number of aliphatic hydroxyl groups is 4. The van der Waals surface area contributed by atoms with Crippen LogP contribution in [-0.4, -0.2) is 94.6 Å². The van der Waals surface area contributed by atoms with E-state index in [0.29, 0.717) is 43.8 Å². The third-order valence-corrected chi connectivity index (χ3v) is 14.2. The summed E-state index contributed by atoms with van der Waals surface area (Å²) in [5.41, 5.74) is 0.875. The number of carbonyl (C=O) groups is 2. The average Bonchev–Trinajstić information content (AvgIpc) is 3.41. The van der Waals surface area contributed by atoms with Gasteiger partial charge in [0.2, 0.25) is 0 Å². The standard InChI is InChI=1S/C43H64O11/c1-22(2)9-16-32(46)23(3)35-34(20-31-30-15-12-27-19-28(45)17-18-42(27,6)36(30)33(47)21-43(31,35)7)53-41-39(52-25(5)44)38(37(48)24(4)51-41)54-40(49)26-10-13-29(50-8)14-11-26/h10-14,22-24,28,30-39,41,45-48H,9,15-21H2,1-8H3. The van der Waals surface area contributed by atoms with Crippen LogP contribution in [0.2, 0.25) is 0 Å². The monoisotopic (exact) mass is 756 g/mol. The molecular formula is C43H64O11. The second-order valence-electron chi connectivity index (χ2n) is 18.1. The Balaban J connectivity index is 1.33. The normalized spacial score (nSPS) is 41.5. The molecular weight excluding hydrogens is 692 g/mol. The summed E-state index contributed by atoms with van der Waals surface area (Å²) < 4.78 is 30.2. The third kappa shape index (κ3) is 7.75. The number of methoxy groups -OCH3 is 1. The fraction of sp³-hybridized carbons (Fsp3) is 0.767. The van der Waals surface area contributed by atoms with Crippen molar-refractivity contribution >= 4 is 11.9 Å². The molecule has 1 saturated heterocycles. The molecule has 4 N–H and O–H groups in total. The van der Waals surface area contributed by atoms with Gasteiger partial charge in [-0.05, 0) is 129 Å². The van der Waals surface area contributed by atoms with Crippen LogP contribution in [0.1, 0.15) is 110 Å². The minimum Gasteiger partial charge on any atom is -0.497 e. The minimum absolute atomic E-state index is 0.0280. The Morgan fingerprint density at radius 2 is 1.72 bits per heavy atom. The SMILES string of the molecule is COc1ccc(C(=O)OC2C(O)C(C)OC(OC3CC4C5CC=C6CC(O)CCC6(C)C5C(O)CC4(C)C3C(C)C(O)CCC(C)C)C2OC(C)=O)cc1. The Morgan fingerprint density at radius 1 is 1.02 bits per heavy atom. The summed E-state index contributed by atoms with van der Waals surface area (Å²) in [7, 11) is 1.53. The Bertz CT molecular complexity index is 1510. The summed E-state index contributed by atoms with van der Waals surface area (Å²) in [6.07, 6.45) is 0.0660. The van der Waals surface area contributed by atoms with Crippen LogP contribution in [0.3, 0.4) is 0 Å². The molecule has 1 aromatic carbocycles. The molecule has 6 rings (SSSR count). The van der Waals surface area contributed by atoms with Crippen molar-refractivity contribution in [1.82, 2.24) is 0 Å². The molecule has 16 unspecified atom stereocenters. The number of ether oxygens (including phenoxy) is 5. The fourth-order valence-corrected chi connectivity index (χ4v) is 11.5. The molecule has 5 aliphatic rings. The van der Waals surface area contributed by atoms with E-state index < -0.39 is 66.4 Å². The number of hydrogen-bond acceptors (Lipinski definition) is 11. The molecule has 0 amide bonds. The minimum atomic E-state index is -1.32. The fourth-order valence-electron chi connectivity index (χ4n) is 11.5. The zero-order valence-corrected chi connectivity index (χ0v) is 33.4. The van der Waals surface area contributed by atoms with Crippen molar-refractivity contribution in [3.63, 3.8) is 0 Å². The van der Waals surface area contributed by atoms with E-state index in [4.69, 9.17) is 23.7 Å².